The van der Waals surface area contributed by atoms with Gasteiger partial charge in [-0.1, -0.05) is 52.0 Å². The van der Waals surface area contributed by atoms with Gasteiger partial charge in [0, 0.05) is 109 Å². The van der Waals surface area contributed by atoms with Crippen LogP contribution < -0.4 is 42.1 Å². The molecule has 9 amide bonds. The number of nitrogens with zero attached hydrogens (tertiary/aromatic N) is 4. The Morgan fingerprint density at radius 3 is 2.04 bits per heavy atom. The summed E-state index contributed by atoms with van der Waals surface area (Å²) in [5, 5.41) is 17.7. The Balaban J connectivity index is 0.865. The fraction of sp³-hybridized carbons (Fsp3) is 0.386. The molecular weight excluding hydrogens is 1030 g/mol. The monoisotopic (exact) mass is 1100 g/mol. The molecule has 8 N–H and O–H groups in total. The third-order valence-corrected chi connectivity index (χ3v) is 14.4. The molecule has 21 nitrogen and oxygen atoms in total. The number of carbonyl (C=O) groups is 9. The smallest absolute Gasteiger partial charge is 0.409 e. The molecule has 5 aromatic rings. The zero-order valence-electron chi connectivity index (χ0n) is 44.7. The molecule has 1 fully saturated rings. The van der Waals surface area contributed by atoms with E-state index < -0.39 is 65.6 Å². The number of fused-ring (bicyclic) bond motifs is 4. The highest BCUT2D eigenvalue weighted by Crippen LogP contribution is 2.46. The van der Waals surface area contributed by atoms with E-state index in [0.717, 1.165) is 21.2 Å². The van der Waals surface area contributed by atoms with Crippen molar-refractivity contribution < 1.29 is 47.9 Å². The van der Waals surface area contributed by atoms with Gasteiger partial charge >= 0.3 is 6.09 Å². The molecule has 4 aromatic carbocycles. The second kappa shape index (κ2) is 25.1. The minimum Gasteiger partial charge on any atom is -0.409 e. The van der Waals surface area contributed by atoms with E-state index in [4.69, 9.17) is 22.2 Å². The van der Waals surface area contributed by atoms with Crippen molar-refractivity contribution in [1.29, 1.82) is 0 Å². The van der Waals surface area contributed by atoms with E-state index in [9.17, 15) is 43.2 Å². The number of nitrogens with two attached hydrogens (primary N) is 1. The molecule has 1 aromatic heterocycles. The average molecular weight is 1100 g/mol. The maximum atomic E-state index is 14.4. The van der Waals surface area contributed by atoms with Crippen molar-refractivity contribution in [3.63, 3.8) is 0 Å². The van der Waals surface area contributed by atoms with Crippen LogP contribution in [0.3, 0.4) is 0 Å². The standard InChI is InChI=1S/C57H66ClN11O10/c1-32(2)25-43(64-48(70)11-8-20-68-49(71)18-19-50(68)72)54(75)60-34(5)52(73)65-44(26-33(3)4)55(76)61-38-14-12-35(13-15-38)53(74)62-39-16-17-42-36(27-39)28-45(63-42)56(77)69-31-37(30-58)51-41-10-7-6-9-40(41)47(29-46(51)69)79-57(78)66-21-23-67(59)24-22-66/h6-7,9-10,12-19,27-29,32-34,37,43-44,63H,8,11,20-26,30-31,59H2,1-5H3,(H,60,75)(H,61,76)(H,62,74)(H,64,70)(H,65,73)/t34-,37+,43-,44-/m0/s1. The van der Waals surface area contributed by atoms with Crippen LogP contribution >= 0.6 is 11.6 Å². The SMILES string of the molecule is CC(C)C[C@H](NC(=O)CCCN1C(=O)C=CC1=O)C(=O)N[C@@H](C)C(=O)N[C@@H](CC(C)C)C(=O)Nc1ccc(C(=O)Nc2ccc3[nH]c(C(=O)N4C[C@@H](CCl)c5c4cc(OC(=O)N4CCN(N)CC4)c4ccccc54)cc3c2)cc1. The lowest BCUT2D eigenvalue weighted by molar-refractivity contribution is -0.137. The van der Waals surface area contributed by atoms with Gasteiger partial charge in [-0.15, -0.1) is 11.6 Å². The summed E-state index contributed by atoms with van der Waals surface area (Å²) < 4.78 is 6.02. The molecule has 416 valence electrons. The molecule has 0 unspecified atom stereocenters. The quantitative estimate of drug-likeness (QED) is 0.0279. The molecule has 0 spiro atoms. The van der Waals surface area contributed by atoms with E-state index in [2.05, 4.69) is 31.6 Å². The summed E-state index contributed by atoms with van der Waals surface area (Å²) in [7, 11) is 0. The summed E-state index contributed by atoms with van der Waals surface area (Å²) in [6.45, 7) is 11.2. The largest absolute Gasteiger partial charge is 0.415 e. The van der Waals surface area contributed by atoms with Gasteiger partial charge in [0.1, 0.15) is 29.6 Å². The Hall–Kier alpha value is -8.14. The van der Waals surface area contributed by atoms with E-state index in [1.807, 2.05) is 52.0 Å². The molecule has 0 radical (unpaired) electrons. The van der Waals surface area contributed by atoms with E-state index >= 15 is 0 Å². The van der Waals surface area contributed by atoms with Gasteiger partial charge in [-0.3, -0.25) is 49.1 Å². The molecule has 0 saturated carbocycles. The van der Waals surface area contributed by atoms with Crippen LogP contribution in [0.2, 0.25) is 0 Å². The summed E-state index contributed by atoms with van der Waals surface area (Å²) in [6, 6.07) is 19.4. The van der Waals surface area contributed by atoms with Crippen LogP contribution in [0.15, 0.2) is 91.0 Å². The molecule has 3 aliphatic heterocycles. The van der Waals surface area contributed by atoms with Crippen LogP contribution in [0.4, 0.5) is 21.9 Å². The van der Waals surface area contributed by atoms with E-state index in [1.54, 1.807) is 69.4 Å². The van der Waals surface area contributed by atoms with Gasteiger partial charge in [0.15, 0.2) is 0 Å². The third-order valence-electron chi connectivity index (χ3n) is 14.0. The van der Waals surface area contributed by atoms with Crippen LogP contribution in [-0.2, 0) is 28.8 Å². The number of H-pyrrole nitrogens is 1. The predicted molar refractivity (Wildman–Crippen MR) is 299 cm³/mol. The van der Waals surface area contributed by atoms with Crippen LogP contribution in [0, 0.1) is 11.8 Å². The van der Waals surface area contributed by atoms with Gasteiger partial charge in [-0.2, -0.15) is 0 Å². The summed E-state index contributed by atoms with van der Waals surface area (Å²) >= 11 is 6.55. The molecule has 0 bridgehead atoms. The zero-order chi connectivity index (χ0) is 56.7. The predicted octanol–water partition coefficient (Wildman–Crippen LogP) is 5.76. The Bertz CT molecular complexity index is 3190. The number of ether oxygens (including phenoxy) is 1. The van der Waals surface area contributed by atoms with E-state index in [1.165, 1.54) is 19.1 Å². The van der Waals surface area contributed by atoms with Crippen LogP contribution in [0.25, 0.3) is 21.7 Å². The maximum absolute atomic E-state index is 14.4. The lowest BCUT2D eigenvalue weighted by Gasteiger charge is -2.31. The first-order valence-electron chi connectivity index (χ1n) is 26.4. The van der Waals surface area contributed by atoms with Gasteiger partial charge in [-0.25, -0.2) is 9.80 Å². The molecular formula is C57H66ClN11O10. The van der Waals surface area contributed by atoms with E-state index in [0.29, 0.717) is 72.1 Å². The molecule has 4 heterocycles. The van der Waals surface area contributed by atoms with Gasteiger partial charge in [0.25, 0.3) is 23.6 Å². The number of hydrogen-bond acceptors (Lipinski definition) is 12. The number of alkyl halides is 1. The number of imide groups is 1. The van der Waals surface area contributed by atoms with Gasteiger partial charge in [-0.05, 0) is 97.5 Å². The van der Waals surface area contributed by atoms with Crippen molar-refractivity contribution in [3.05, 3.63) is 108 Å². The minimum atomic E-state index is -1.08. The number of hydrogen-bond donors (Lipinski definition) is 7. The summed E-state index contributed by atoms with van der Waals surface area (Å²) in [6.07, 6.45) is 2.54. The second-order valence-electron chi connectivity index (χ2n) is 21.0. The van der Waals surface area contributed by atoms with Gasteiger partial charge in [0.2, 0.25) is 23.6 Å². The number of carbonyl (C=O) groups excluding carboxylic acids is 9. The van der Waals surface area contributed by atoms with Crippen molar-refractivity contribution in [3.8, 4) is 5.75 Å². The highest BCUT2D eigenvalue weighted by Gasteiger charge is 2.37. The van der Waals surface area contributed by atoms with Crippen LogP contribution in [0.5, 0.6) is 5.75 Å². The first-order valence-corrected chi connectivity index (χ1v) is 27.0. The number of benzene rings is 4. The average Bonchev–Trinajstić information content (AvgIpc) is 4.35. The first kappa shape index (κ1) is 57.0. The fourth-order valence-corrected chi connectivity index (χ4v) is 10.1. The summed E-state index contributed by atoms with van der Waals surface area (Å²) in [4.78, 5) is 126. The second-order valence-corrected chi connectivity index (χ2v) is 21.3. The summed E-state index contributed by atoms with van der Waals surface area (Å²) in [5.74, 6) is 2.46. The molecule has 22 heteroatoms. The van der Waals surface area contributed by atoms with E-state index in [-0.39, 0.29) is 67.3 Å². The number of anilines is 3. The normalized spacial score (nSPS) is 16.5. The topological polar surface area (TPSA) is 278 Å². The van der Waals surface area contributed by atoms with Crippen molar-refractivity contribution >= 4 is 104 Å². The maximum Gasteiger partial charge on any atom is 0.415 e. The number of aromatic nitrogens is 1. The van der Waals surface area contributed by atoms with Crippen molar-refractivity contribution in [2.45, 2.75) is 84.3 Å². The van der Waals surface area contributed by atoms with Gasteiger partial charge < -0.3 is 46.1 Å². The Morgan fingerprint density at radius 2 is 1.38 bits per heavy atom. The highest BCUT2D eigenvalue weighted by atomic mass is 35.5. The number of aromatic amines is 1. The number of piperazine rings is 1. The van der Waals surface area contributed by atoms with Crippen LogP contribution in [-0.4, -0.2) is 136 Å². The molecule has 4 atom stereocenters. The Kier molecular flexibility index (Phi) is 18.1. The van der Waals surface area contributed by atoms with Crippen molar-refractivity contribution in [2.24, 2.45) is 17.7 Å². The number of rotatable bonds is 20. The highest BCUT2D eigenvalue weighted by molar-refractivity contribution is 6.19. The lowest BCUT2D eigenvalue weighted by Crippen LogP contribution is -2.55. The molecule has 1 saturated heterocycles. The fourth-order valence-electron chi connectivity index (χ4n) is 9.89. The molecule has 79 heavy (non-hydrogen) atoms. The molecule has 0 aliphatic carbocycles. The van der Waals surface area contributed by atoms with Crippen LogP contribution in [0.1, 0.15) is 92.6 Å². The molecule has 3 aliphatic rings. The zero-order valence-corrected chi connectivity index (χ0v) is 45.5. The number of halogens is 1. The van der Waals surface area contributed by atoms with Crippen molar-refractivity contribution in [1.82, 2.24) is 35.7 Å². The molecule has 8 rings (SSSR count). The summed E-state index contributed by atoms with van der Waals surface area (Å²) in [5.41, 5.74) is 3.56. The Morgan fingerprint density at radius 1 is 0.734 bits per heavy atom. The van der Waals surface area contributed by atoms with Gasteiger partial charge in [0.05, 0.1) is 5.69 Å². The number of hydrazine groups is 1. The Labute approximate surface area is 461 Å². The number of nitrogens with one attached hydrogen (secondary N) is 6. The third kappa shape index (κ3) is 13.8. The first-order chi connectivity index (χ1) is 37.8. The number of amides is 9. The lowest BCUT2D eigenvalue weighted by atomic mass is 9.95. The minimum absolute atomic E-state index is 0.000376. The van der Waals surface area contributed by atoms with Crippen molar-refractivity contribution in [2.75, 3.05) is 60.7 Å².